The Morgan fingerprint density at radius 1 is 1.11 bits per heavy atom. The summed E-state index contributed by atoms with van der Waals surface area (Å²) in [5.41, 5.74) is 3.89. The summed E-state index contributed by atoms with van der Waals surface area (Å²) in [7, 11) is 0. The lowest BCUT2D eigenvalue weighted by Crippen LogP contribution is -2.01. The lowest BCUT2D eigenvalue weighted by atomic mass is 10.0. The van der Waals surface area contributed by atoms with Gasteiger partial charge < -0.3 is 0 Å². The number of rotatable bonds is 1. The Balaban J connectivity index is 2.05. The summed E-state index contributed by atoms with van der Waals surface area (Å²) in [5.74, 6) is 0. The van der Waals surface area contributed by atoms with E-state index in [1.54, 1.807) is 23.9 Å². The fourth-order valence-electron chi connectivity index (χ4n) is 2.17. The molecule has 0 atom stereocenters. The molecular formula is C14H11NO2S. The average molecular weight is 257 g/mol. The van der Waals surface area contributed by atoms with Gasteiger partial charge in [-0.05, 0) is 30.5 Å². The van der Waals surface area contributed by atoms with Crippen molar-refractivity contribution in [2.24, 2.45) is 0 Å². The highest BCUT2D eigenvalue weighted by Crippen LogP contribution is 2.41. The van der Waals surface area contributed by atoms with Crippen LogP contribution in [0.15, 0.2) is 46.2 Å². The third-order valence-electron chi connectivity index (χ3n) is 3.08. The normalized spacial score (nSPS) is 12.7. The van der Waals surface area contributed by atoms with Crippen molar-refractivity contribution < 1.29 is 4.92 Å². The number of hydrogen-bond donors (Lipinski definition) is 0. The van der Waals surface area contributed by atoms with Crippen LogP contribution >= 0.6 is 11.8 Å². The zero-order valence-corrected chi connectivity index (χ0v) is 10.7. The summed E-state index contributed by atoms with van der Waals surface area (Å²) >= 11 is 1.62. The van der Waals surface area contributed by atoms with Gasteiger partial charge in [0.05, 0.1) is 4.92 Å². The fraction of sp³-hybridized carbons (Fsp3) is 0.143. The highest BCUT2D eigenvalue weighted by molar-refractivity contribution is 7.99. The number of non-ortho nitro benzene ring substituents is 1. The molecular weight excluding hydrogens is 246 g/mol. The van der Waals surface area contributed by atoms with Crippen molar-refractivity contribution in [3.05, 3.63) is 63.2 Å². The van der Waals surface area contributed by atoms with Crippen LogP contribution in [-0.2, 0) is 6.42 Å². The second-order valence-corrected chi connectivity index (χ2v) is 5.52. The van der Waals surface area contributed by atoms with E-state index in [0.29, 0.717) is 0 Å². The second kappa shape index (κ2) is 4.14. The number of fused-ring (bicyclic) bond motifs is 2. The van der Waals surface area contributed by atoms with Gasteiger partial charge in [0.2, 0.25) is 0 Å². The third kappa shape index (κ3) is 1.88. The Hall–Kier alpha value is -1.81. The molecule has 4 heteroatoms. The summed E-state index contributed by atoms with van der Waals surface area (Å²) in [6.45, 7) is 2.08. The van der Waals surface area contributed by atoms with Gasteiger partial charge in [-0.2, -0.15) is 0 Å². The lowest BCUT2D eigenvalue weighted by Gasteiger charge is -2.18. The van der Waals surface area contributed by atoms with Crippen molar-refractivity contribution >= 4 is 17.4 Å². The molecule has 1 heterocycles. The largest absolute Gasteiger partial charge is 0.270 e. The Morgan fingerprint density at radius 3 is 2.72 bits per heavy atom. The smallest absolute Gasteiger partial charge is 0.258 e. The number of nitro benzene ring substituents is 1. The van der Waals surface area contributed by atoms with Crippen molar-refractivity contribution in [3.63, 3.8) is 0 Å². The molecule has 0 unspecified atom stereocenters. The monoisotopic (exact) mass is 257 g/mol. The van der Waals surface area contributed by atoms with Gasteiger partial charge >= 0.3 is 0 Å². The van der Waals surface area contributed by atoms with E-state index in [2.05, 4.69) is 25.1 Å². The van der Waals surface area contributed by atoms with E-state index < -0.39 is 0 Å². The van der Waals surface area contributed by atoms with Crippen LogP contribution in [0.3, 0.4) is 0 Å². The average Bonchev–Trinajstić information content (AvgIpc) is 2.35. The SMILES string of the molecule is Cc1ccc2c(c1)Cc1ccc([N+](=O)[O-])cc1S2. The quantitative estimate of drug-likeness (QED) is 0.489. The molecule has 0 aromatic heterocycles. The van der Waals surface area contributed by atoms with Gasteiger partial charge in [0, 0.05) is 21.9 Å². The first-order chi connectivity index (χ1) is 8.63. The molecule has 90 valence electrons. The molecule has 18 heavy (non-hydrogen) atoms. The van der Waals surface area contributed by atoms with Crippen LogP contribution in [0.25, 0.3) is 0 Å². The van der Waals surface area contributed by atoms with Crippen LogP contribution in [0, 0.1) is 17.0 Å². The van der Waals surface area contributed by atoms with Gasteiger partial charge in [0.1, 0.15) is 0 Å². The minimum Gasteiger partial charge on any atom is -0.258 e. The van der Waals surface area contributed by atoms with Gasteiger partial charge in [-0.25, -0.2) is 0 Å². The first-order valence-electron chi connectivity index (χ1n) is 5.68. The molecule has 1 aliphatic heterocycles. The molecule has 0 fully saturated rings. The molecule has 3 nitrogen and oxygen atoms in total. The van der Waals surface area contributed by atoms with Crippen molar-refractivity contribution in [3.8, 4) is 0 Å². The summed E-state index contributed by atoms with van der Waals surface area (Å²) in [4.78, 5) is 12.6. The summed E-state index contributed by atoms with van der Waals surface area (Å²) in [6, 6.07) is 11.5. The summed E-state index contributed by atoms with van der Waals surface area (Å²) < 4.78 is 0. The second-order valence-electron chi connectivity index (χ2n) is 4.44. The minimum atomic E-state index is -0.342. The number of hydrogen-bond acceptors (Lipinski definition) is 3. The minimum absolute atomic E-state index is 0.164. The zero-order chi connectivity index (χ0) is 12.7. The van der Waals surface area contributed by atoms with Gasteiger partial charge in [-0.3, -0.25) is 10.1 Å². The van der Waals surface area contributed by atoms with Crippen LogP contribution in [0.5, 0.6) is 0 Å². The van der Waals surface area contributed by atoms with E-state index in [1.165, 1.54) is 21.6 Å². The molecule has 0 N–H and O–H groups in total. The molecule has 1 aliphatic rings. The van der Waals surface area contributed by atoms with Crippen LogP contribution in [0.1, 0.15) is 16.7 Å². The fourth-order valence-corrected chi connectivity index (χ4v) is 3.25. The van der Waals surface area contributed by atoms with Gasteiger partial charge in [-0.1, -0.05) is 35.5 Å². The van der Waals surface area contributed by atoms with Crippen molar-refractivity contribution in [2.45, 2.75) is 23.1 Å². The lowest BCUT2D eigenvalue weighted by molar-refractivity contribution is -0.385. The predicted octanol–water partition coefficient (Wildman–Crippen LogP) is 3.96. The van der Waals surface area contributed by atoms with E-state index >= 15 is 0 Å². The van der Waals surface area contributed by atoms with Gasteiger partial charge in [0.15, 0.2) is 0 Å². The molecule has 0 aliphatic carbocycles. The van der Waals surface area contributed by atoms with E-state index in [0.717, 1.165) is 11.3 Å². The Morgan fingerprint density at radius 2 is 1.94 bits per heavy atom. The van der Waals surface area contributed by atoms with E-state index in [-0.39, 0.29) is 10.6 Å². The Bertz CT molecular complexity index is 652. The van der Waals surface area contributed by atoms with Gasteiger partial charge in [-0.15, -0.1) is 0 Å². The maximum Gasteiger partial charge on any atom is 0.270 e. The Kier molecular flexibility index (Phi) is 2.59. The molecule has 2 aromatic carbocycles. The van der Waals surface area contributed by atoms with Crippen LogP contribution in [0.4, 0.5) is 5.69 Å². The van der Waals surface area contributed by atoms with E-state index in [4.69, 9.17) is 0 Å². The summed E-state index contributed by atoms with van der Waals surface area (Å²) in [6.07, 6.45) is 0.858. The Labute approximate surface area is 109 Å². The number of nitro groups is 1. The van der Waals surface area contributed by atoms with Crippen molar-refractivity contribution in [1.82, 2.24) is 0 Å². The van der Waals surface area contributed by atoms with Crippen LogP contribution in [-0.4, -0.2) is 4.92 Å². The highest BCUT2D eigenvalue weighted by Gasteiger charge is 2.18. The molecule has 0 saturated carbocycles. The van der Waals surface area contributed by atoms with E-state index in [9.17, 15) is 10.1 Å². The van der Waals surface area contributed by atoms with Crippen LogP contribution < -0.4 is 0 Å². The first-order valence-corrected chi connectivity index (χ1v) is 6.50. The molecule has 0 radical (unpaired) electrons. The molecule has 2 aromatic rings. The molecule has 0 amide bonds. The maximum atomic E-state index is 10.8. The highest BCUT2D eigenvalue weighted by atomic mass is 32.2. The van der Waals surface area contributed by atoms with E-state index in [1.807, 2.05) is 6.07 Å². The predicted molar refractivity (Wildman–Crippen MR) is 71.2 cm³/mol. The van der Waals surface area contributed by atoms with Crippen LogP contribution in [0.2, 0.25) is 0 Å². The van der Waals surface area contributed by atoms with Crippen molar-refractivity contribution in [2.75, 3.05) is 0 Å². The topological polar surface area (TPSA) is 43.1 Å². The number of aryl methyl sites for hydroxylation is 1. The molecule has 0 spiro atoms. The first kappa shape index (κ1) is 11.3. The standard InChI is InChI=1S/C14H11NO2S/c1-9-2-5-13-11(6-9)7-10-3-4-12(15(16)17)8-14(10)18-13/h2-6,8H,7H2,1H3. The molecule has 0 bridgehead atoms. The third-order valence-corrected chi connectivity index (χ3v) is 4.30. The molecule has 0 saturated heterocycles. The van der Waals surface area contributed by atoms with Gasteiger partial charge in [0.25, 0.3) is 5.69 Å². The maximum absolute atomic E-state index is 10.8. The molecule has 3 rings (SSSR count). The zero-order valence-electron chi connectivity index (χ0n) is 9.84. The summed E-state index contributed by atoms with van der Waals surface area (Å²) in [5, 5.41) is 10.8. The number of nitrogens with zero attached hydrogens (tertiary/aromatic N) is 1. The number of benzene rings is 2. The van der Waals surface area contributed by atoms with Crippen molar-refractivity contribution in [1.29, 1.82) is 0 Å².